The number of thiazole rings is 1. The average molecular weight is 435 g/mol. The lowest BCUT2D eigenvalue weighted by atomic mass is 10.1. The van der Waals surface area contributed by atoms with E-state index >= 15 is 0 Å². The number of phenols is 1. The molecular formula is C20H20F3N5OS. The summed E-state index contributed by atoms with van der Waals surface area (Å²) in [5, 5.41) is 13.1. The first kappa shape index (κ1) is 20.5. The number of alkyl halides is 3. The van der Waals surface area contributed by atoms with E-state index < -0.39 is 17.5 Å². The molecule has 0 bridgehead atoms. The van der Waals surface area contributed by atoms with Crippen molar-refractivity contribution in [3.8, 4) is 16.5 Å². The molecule has 2 aromatic heterocycles. The second-order valence-corrected chi connectivity index (χ2v) is 8.24. The van der Waals surface area contributed by atoms with Gasteiger partial charge in [-0.2, -0.15) is 13.2 Å². The Morgan fingerprint density at radius 1 is 1.10 bits per heavy atom. The Kier molecular flexibility index (Phi) is 5.87. The highest BCUT2D eigenvalue weighted by Gasteiger charge is 2.31. The lowest BCUT2D eigenvalue weighted by Crippen LogP contribution is -2.28. The van der Waals surface area contributed by atoms with E-state index in [0.717, 1.165) is 35.6 Å². The number of likely N-dealkylation sites (tertiary alicyclic amines) is 1. The normalized spacial score (nSPS) is 15.3. The summed E-state index contributed by atoms with van der Waals surface area (Å²) >= 11 is 1.54. The van der Waals surface area contributed by atoms with E-state index in [2.05, 4.69) is 25.2 Å². The van der Waals surface area contributed by atoms with E-state index in [4.69, 9.17) is 0 Å². The Balaban J connectivity index is 1.50. The maximum absolute atomic E-state index is 13.0. The molecule has 0 radical (unpaired) electrons. The number of aromatic hydroxyl groups is 1. The third-order valence-corrected chi connectivity index (χ3v) is 5.76. The van der Waals surface area contributed by atoms with Gasteiger partial charge in [-0.25, -0.2) is 15.0 Å². The second kappa shape index (κ2) is 8.57. The number of aromatic nitrogens is 3. The molecule has 1 fully saturated rings. The number of piperidine rings is 1. The summed E-state index contributed by atoms with van der Waals surface area (Å²) in [5.41, 5.74) is -0.327. The van der Waals surface area contributed by atoms with Crippen LogP contribution in [0.3, 0.4) is 0 Å². The quantitative estimate of drug-likeness (QED) is 0.584. The summed E-state index contributed by atoms with van der Waals surface area (Å²) in [6.45, 7) is 3.05. The molecule has 3 aromatic rings. The largest absolute Gasteiger partial charge is 0.508 e. The number of halogens is 3. The molecule has 6 nitrogen and oxygen atoms in total. The van der Waals surface area contributed by atoms with Gasteiger partial charge in [-0.05, 0) is 44.1 Å². The molecule has 3 heterocycles. The molecule has 0 unspecified atom stereocenters. The summed E-state index contributed by atoms with van der Waals surface area (Å²) in [5.74, 6) is -0.371. The Morgan fingerprint density at radius 3 is 2.67 bits per heavy atom. The van der Waals surface area contributed by atoms with Gasteiger partial charge in [0, 0.05) is 35.6 Å². The molecule has 1 aliphatic rings. The Bertz CT molecular complexity index is 1020. The predicted octanol–water partition coefficient (Wildman–Crippen LogP) is 5.05. The number of nitrogens with zero attached hydrogens (tertiary/aromatic N) is 4. The molecule has 0 aliphatic carbocycles. The van der Waals surface area contributed by atoms with E-state index in [0.29, 0.717) is 11.8 Å². The molecule has 1 aromatic carbocycles. The third-order valence-electron chi connectivity index (χ3n) is 4.76. The molecule has 10 heteroatoms. The van der Waals surface area contributed by atoms with E-state index in [1.165, 1.54) is 31.5 Å². The fraction of sp³-hybridized carbons (Fsp3) is 0.350. The number of benzene rings is 1. The topological polar surface area (TPSA) is 74.2 Å². The van der Waals surface area contributed by atoms with Crippen LogP contribution in [0.25, 0.3) is 10.7 Å². The highest BCUT2D eigenvalue weighted by Crippen LogP contribution is 2.34. The van der Waals surface area contributed by atoms with Crippen molar-refractivity contribution in [2.24, 2.45) is 0 Å². The molecule has 2 N–H and O–H groups in total. The average Bonchev–Trinajstić information content (AvgIpc) is 3.16. The summed E-state index contributed by atoms with van der Waals surface area (Å²) in [4.78, 5) is 16.4. The third kappa shape index (κ3) is 5.06. The zero-order chi connectivity index (χ0) is 21.1. The number of phenolic OH excluding ortho intramolecular Hbond substituents is 1. The van der Waals surface area contributed by atoms with Gasteiger partial charge in [0.1, 0.15) is 16.5 Å². The van der Waals surface area contributed by atoms with Gasteiger partial charge < -0.3 is 10.4 Å². The number of anilines is 2. The minimum Gasteiger partial charge on any atom is -0.508 e. The Hall–Kier alpha value is -2.72. The standard InChI is InChI=1S/C20H20F3N5OS/c21-20(22,23)13-8-14(10-15(29)9-13)26-19-24-5-4-17(27-19)18-25-11-16(30-18)12-28-6-2-1-3-7-28/h4-5,8-11,29H,1-3,6-7,12H2,(H,24,26,27). The van der Waals surface area contributed by atoms with E-state index in [1.54, 1.807) is 17.4 Å². The Morgan fingerprint density at radius 2 is 1.90 bits per heavy atom. The minimum absolute atomic E-state index is 0.0457. The van der Waals surface area contributed by atoms with Crippen molar-refractivity contribution in [3.63, 3.8) is 0 Å². The molecule has 158 valence electrons. The van der Waals surface area contributed by atoms with Crippen LogP contribution in [0.4, 0.5) is 24.8 Å². The van der Waals surface area contributed by atoms with Crippen molar-refractivity contribution < 1.29 is 18.3 Å². The summed E-state index contributed by atoms with van der Waals surface area (Å²) in [6.07, 6.45) is 2.52. The van der Waals surface area contributed by atoms with Crippen LogP contribution in [-0.4, -0.2) is 38.0 Å². The van der Waals surface area contributed by atoms with Crippen LogP contribution in [0.5, 0.6) is 5.75 Å². The highest BCUT2D eigenvalue weighted by atomic mass is 32.1. The predicted molar refractivity (Wildman–Crippen MR) is 109 cm³/mol. The van der Waals surface area contributed by atoms with Crippen LogP contribution in [0.1, 0.15) is 29.7 Å². The van der Waals surface area contributed by atoms with Gasteiger partial charge >= 0.3 is 6.18 Å². The number of hydrogen-bond donors (Lipinski definition) is 2. The number of nitrogens with one attached hydrogen (secondary N) is 1. The summed E-state index contributed by atoms with van der Waals surface area (Å²) in [6, 6.07) is 4.46. The fourth-order valence-electron chi connectivity index (χ4n) is 3.35. The maximum Gasteiger partial charge on any atom is 0.416 e. The molecule has 1 saturated heterocycles. The van der Waals surface area contributed by atoms with E-state index in [9.17, 15) is 18.3 Å². The first-order valence-corrected chi connectivity index (χ1v) is 10.4. The molecule has 0 atom stereocenters. The number of hydrogen-bond acceptors (Lipinski definition) is 7. The molecule has 30 heavy (non-hydrogen) atoms. The second-order valence-electron chi connectivity index (χ2n) is 7.13. The lowest BCUT2D eigenvalue weighted by Gasteiger charge is -2.25. The Labute approximate surface area is 175 Å². The van der Waals surface area contributed by atoms with Crippen molar-refractivity contribution in [1.29, 1.82) is 0 Å². The zero-order valence-corrected chi connectivity index (χ0v) is 16.8. The van der Waals surface area contributed by atoms with Gasteiger partial charge in [0.25, 0.3) is 0 Å². The van der Waals surface area contributed by atoms with Crippen molar-refractivity contribution in [2.45, 2.75) is 32.0 Å². The van der Waals surface area contributed by atoms with E-state index in [1.807, 2.05) is 6.20 Å². The van der Waals surface area contributed by atoms with Crippen LogP contribution in [-0.2, 0) is 12.7 Å². The monoisotopic (exact) mass is 435 g/mol. The van der Waals surface area contributed by atoms with Crippen LogP contribution in [0.2, 0.25) is 0 Å². The van der Waals surface area contributed by atoms with E-state index in [-0.39, 0.29) is 11.6 Å². The molecule has 0 spiro atoms. The van der Waals surface area contributed by atoms with Crippen molar-refractivity contribution in [2.75, 3.05) is 18.4 Å². The van der Waals surface area contributed by atoms with Crippen LogP contribution >= 0.6 is 11.3 Å². The number of rotatable bonds is 5. The fourth-order valence-corrected chi connectivity index (χ4v) is 4.28. The smallest absolute Gasteiger partial charge is 0.416 e. The van der Waals surface area contributed by atoms with Crippen LogP contribution in [0.15, 0.2) is 36.7 Å². The molecule has 0 saturated carbocycles. The zero-order valence-electron chi connectivity index (χ0n) is 16.0. The van der Waals surface area contributed by atoms with Crippen molar-refractivity contribution >= 4 is 23.0 Å². The molecule has 1 aliphatic heterocycles. The molecule has 0 amide bonds. The highest BCUT2D eigenvalue weighted by molar-refractivity contribution is 7.14. The van der Waals surface area contributed by atoms with Gasteiger partial charge in [0.2, 0.25) is 5.95 Å². The first-order chi connectivity index (χ1) is 14.4. The van der Waals surface area contributed by atoms with Crippen molar-refractivity contribution in [3.05, 3.63) is 47.1 Å². The lowest BCUT2D eigenvalue weighted by molar-refractivity contribution is -0.137. The van der Waals surface area contributed by atoms with Gasteiger partial charge in [-0.3, -0.25) is 4.90 Å². The first-order valence-electron chi connectivity index (χ1n) is 9.55. The SMILES string of the molecule is Oc1cc(Nc2nccc(-c3ncc(CN4CCCCC4)s3)n2)cc(C(F)(F)F)c1. The van der Waals surface area contributed by atoms with Gasteiger partial charge in [0.15, 0.2) is 0 Å². The maximum atomic E-state index is 13.0. The van der Waals surface area contributed by atoms with Crippen molar-refractivity contribution in [1.82, 2.24) is 19.9 Å². The molecule has 4 rings (SSSR count). The summed E-state index contributed by atoms with van der Waals surface area (Å²) in [7, 11) is 0. The van der Waals surface area contributed by atoms with Gasteiger partial charge in [0.05, 0.1) is 5.56 Å². The van der Waals surface area contributed by atoms with Gasteiger partial charge in [-0.1, -0.05) is 6.42 Å². The van der Waals surface area contributed by atoms with Gasteiger partial charge in [-0.15, -0.1) is 11.3 Å². The molecular weight excluding hydrogens is 415 g/mol. The minimum atomic E-state index is -4.57. The summed E-state index contributed by atoms with van der Waals surface area (Å²) < 4.78 is 38.9. The van der Waals surface area contributed by atoms with Crippen LogP contribution < -0.4 is 5.32 Å². The van der Waals surface area contributed by atoms with Crippen LogP contribution in [0, 0.1) is 0 Å².